The van der Waals surface area contributed by atoms with Gasteiger partial charge in [0.2, 0.25) is 11.8 Å². The first-order valence-electron chi connectivity index (χ1n) is 6.92. The second kappa shape index (κ2) is 9.19. The lowest BCUT2D eigenvalue weighted by Gasteiger charge is -2.15. The van der Waals surface area contributed by atoms with Crippen LogP contribution in [0.4, 0.5) is 0 Å². The Morgan fingerprint density at radius 2 is 1.83 bits per heavy atom. The van der Waals surface area contributed by atoms with Gasteiger partial charge in [0.1, 0.15) is 6.04 Å². The Morgan fingerprint density at radius 3 is 2.39 bits per heavy atom. The van der Waals surface area contributed by atoms with Crippen LogP contribution in [-0.2, 0) is 19.1 Å². The molecule has 0 unspecified atom stereocenters. The van der Waals surface area contributed by atoms with Crippen LogP contribution in [0.2, 0.25) is 0 Å². The highest BCUT2D eigenvalue weighted by molar-refractivity contribution is 5.97. The summed E-state index contributed by atoms with van der Waals surface area (Å²) in [6.45, 7) is -0.310. The van der Waals surface area contributed by atoms with Gasteiger partial charge in [0.15, 0.2) is 0 Å². The van der Waals surface area contributed by atoms with E-state index in [1.807, 2.05) is 0 Å². The van der Waals surface area contributed by atoms with E-state index in [2.05, 4.69) is 15.4 Å². The first-order valence-corrected chi connectivity index (χ1v) is 6.92. The van der Waals surface area contributed by atoms with Crippen molar-refractivity contribution in [3.05, 3.63) is 35.9 Å². The summed E-state index contributed by atoms with van der Waals surface area (Å²) >= 11 is 0. The van der Waals surface area contributed by atoms with E-state index in [0.717, 1.165) is 0 Å². The molecular weight excluding hydrogens is 302 g/mol. The fraction of sp³-hybridized carbons (Fsp3) is 0.333. The molecule has 0 radical (unpaired) electrons. The zero-order valence-electron chi connectivity index (χ0n) is 12.7. The summed E-state index contributed by atoms with van der Waals surface area (Å²) in [7, 11) is 1.22. The summed E-state index contributed by atoms with van der Waals surface area (Å²) in [6.07, 6.45) is -0.0266. The number of rotatable bonds is 8. The molecule has 124 valence electrons. The summed E-state index contributed by atoms with van der Waals surface area (Å²) in [5.41, 5.74) is 5.58. The molecule has 0 heterocycles. The van der Waals surface area contributed by atoms with Crippen LogP contribution in [0.25, 0.3) is 0 Å². The molecule has 1 atom stereocenters. The first kappa shape index (κ1) is 18.1. The van der Waals surface area contributed by atoms with E-state index < -0.39 is 29.7 Å². The van der Waals surface area contributed by atoms with Crippen LogP contribution in [-0.4, -0.2) is 43.4 Å². The van der Waals surface area contributed by atoms with Crippen molar-refractivity contribution in [2.75, 3.05) is 13.7 Å². The Balaban J connectivity index is 2.45. The van der Waals surface area contributed by atoms with Gasteiger partial charge in [0.05, 0.1) is 13.7 Å². The largest absolute Gasteiger partial charge is 0.469 e. The van der Waals surface area contributed by atoms with Crippen LogP contribution in [0.1, 0.15) is 23.2 Å². The predicted octanol–water partition coefficient (Wildman–Crippen LogP) is -0.660. The number of nitrogens with one attached hydrogen (secondary N) is 2. The van der Waals surface area contributed by atoms with Gasteiger partial charge in [-0.3, -0.25) is 19.2 Å². The van der Waals surface area contributed by atoms with E-state index in [-0.39, 0.29) is 19.4 Å². The van der Waals surface area contributed by atoms with Gasteiger partial charge in [-0.2, -0.15) is 0 Å². The molecule has 0 spiro atoms. The Hall–Kier alpha value is -2.90. The Labute approximate surface area is 133 Å². The normalized spacial score (nSPS) is 11.2. The molecule has 8 heteroatoms. The van der Waals surface area contributed by atoms with Gasteiger partial charge in [0.25, 0.3) is 5.91 Å². The van der Waals surface area contributed by atoms with Crippen LogP contribution >= 0.6 is 0 Å². The molecule has 0 bridgehead atoms. The molecule has 0 aliphatic rings. The number of amides is 3. The van der Waals surface area contributed by atoms with Gasteiger partial charge in [0, 0.05) is 12.0 Å². The van der Waals surface area contributed by atoms with Crippen molar-refractivity contribution < 1.29 is 23.9 Å². The van der Waals surface area contributed by atoms with E-state index in [1.54, 1.807) is 30.3 Å². The highest BCUT2D eigenvalue weighted by Crippen LogP contribution is 1.99. The molecular formula is C15H19N3O5. The Bertz CT molecular complexity index is 574. The van der Waals surface area contributed by atoms with Crippen molar-refractivity contribution in [3.63, 3.8) is 0 Å². The topological polar surface area (TPSA) is 128 Å². The average Bonchev–Trinajstić information content (AvgIpc) is 2.56. The Kier molecular flexibility index (Phi) is 7.25. The second-order valence-corrected chi connectivity index (χ2v) is 4.69. The molecule has 1 aromatic rings. The lowest BCUT2D eigenvalue weighted by molar-refractivity contribution is -0.141. The zero-order valence-corrected chi connectivity index (χ0v) is 12.7. The maximum Gasteiger partial charge on any atom is 0.305 e. The molecule has 0 aliphatic heterocycles. The quantitative estimate of drug-likeness (QED) is 0.548. The lowest BCUT2D eigenvalue weighted by Crippen LogP contribution is -2.48. The second-order valence-electron chi connectivity index (χ2n) is 4.69. The maximum atomic E-state index is 11.8. The van der Waals surface area contributed by atoms with Crippen molar-refractivity contribution in [1.29, 1.82) is 0 Å². The molecule has 23 heavy (non-hydrogen) atoms. The standard InChI is InChI=1S/C15H19N3O5/c1-23-13(20)8-7-11(14(16)21)18-12(19)9-17-15(22)10-5-3-2-4-6-10/h2-6,11H,7-9H2,1H3,(H2,16,21)(H,17,22)(H,18,19)/t11-/m0/s1. The van der Waals surface area contributed by atoms with Gasteiger partial charge < -0.3 is 21.1 Å². The van der Waals surface area contributed by atoms with Gasteiger partial charge >= 0.3 is 5.97 Å². The predicted molar refractivity (Wildman–Crippen MR) is 81.2 cm³/mol. The minimum absolute atomic E-state index is 0.0282. The number of nitrogens with two attached hydrogens (primary N) is 1. The number of esters is 1. The zero-order chi connectivity index (χ0) is 17.2. The van der Waals surface area contributed by atoms with E-state index in [4.69, 9.17) is 5.73 Å². The number of ether oxygens (including phenoxy) is 1. The Morgan fingerprint density at radius 1 is 1.17 bits per heavy atom. The van der Waals surface area contributed by atoms with E-state index in [0.29, 0.717) is 5.56 Å². The van der Waals surface area contributed by atoms with Crippen molar-refractivity contribution in [1.82, 2.24) is 10.6 Å². The third-order valence-electron chi connectivity index (χ3n) is 2.99. The number of primary amides is 1. The minimum Gasteiger partial charge on any atom is -0.469 e. The average molecular weight is 321 g/mol. The third-order valence-corrected chi connectivity index (χ3v) is 2.99. The van der Waals surface area contributed by atoms with Crippen molar-refractivity contribution in [2.24, 2.45) is 5.73 Å². The van der Waals surface area contributed by atoms with E-state index >= 15 is 0 Å². The van der Waals surface area contributed by atoms with Gasteiger partial charge in [-0.05, 0) is 18.6 Å². The number of hydrogen-bond donors (Lipinski definition) is 3. The number of carbonyl (C=O) groups excluding carboxylic acids is 4. The number of hydrogen-bond acceptors (Lipinski definition) is 5. The van der Waals surface area contributed by atoms with Crippen LogP contribution in [0.3, 0.4) is 0 Å². The van der Waals surface area contributed by atoms with Crippen LogP contribution in [0.5, 0.6) is 0 Å². The molecule has 4 N–H and O–H groups in total. The van der Waals surface area contributed by atoms with Gasteiger partial charge in [-0.15, -0.1) is 0 Å². The third kappa shape index (κ3) is 6.60. The summed E-state index contributed by atoms with van der Waals surface area (Å²) in [4.78, 5) is 45.9. The van der Waals surface area contributed by atoms with Crippen LogP contribution in [0.15, 0.2) is 30.3 Å². The molecule has 0 saturated carbocycles. The van der Waals surface area contributed by atoms with E-state index in [9.17, 15) is 19.2 Å². The fourth-order valence-corrected chi connectivity index (χ4v) is 1.75. The van der Waals surface area contributed by atoms with Crippen molar-refractivity contribution in [3.8, 4) is 0 Å². The lowest BCUT2D eigenvalue weighted by atomic mass is 10.1. The number of methoxy groups -OCH3 is 1. The monoisotopic (exact) mass is 321 g/mol. The van der Waals surface area contributed by atoms with Gasteiger partial charge in [-0.25, -0.2) is 0 Å². The molecule has 1 rings (SSSR count). The van der Waals surface area contributed by atoms with E-state index in [1.165, 1.54) is 7.11 Å². The van der Waals surface area contributed by atoms with Gasteiger partial charge in [-0.1, -0.05) is 18.2 Å². The molecule has 0 aromatic heterocycles. The summed E-state index contributed by atoms with van der Waals surface area (Å²) in [5, 5.41) is 4.79. The smallest absolute Gasteiger partial charge is 0.305 e. The van der Waals surface area contributed by atoms with Crippen LogP contribution < -0.4 is 16.4 Å². The molecule has 0 fully saturated rings. The highest BCUT2D eigenvalue weighted by Gasteiger charge is 2.19. The number of benzene rings is 1. The molecule has 0 aliphatic carbocycles. The minimum atomic E-state index is -1.00. The maximum absolute atomic E-state index is 11.8. The summed E-state index contributed by atoms with van der Waals surface area (Å²) in [6, 6.07) is 7.37. The van der Waals surface area contributed by atoms with Crippen LogP contribution in [0, 0.1) is 0 Å². The summed E-state index contributed by atoms with van der Waals surface area (Å²) in [5.74, 6) is -2.27. The van der Waals surface area contributed by atoms with Crippen molar-refractivity contribution in [2.45, 2.75) is 18.9 Å². The first-order chi connectivity index (χ1) is 10.9. The highest BCUT2D eigenvalue weighted by atomic mass is 16.5. The molecule has 3 amide bonds. The fourth-order valence-electron chi connectivity index (χ4n) is 1.75. The molecule has 8 nitrogen and oxygen atoms in total. The van der Waals surface area contributed by atoms with Crippen molar-refractivity contribution >= 4 is 23.7 Å². The molecule has 1 aromatic carbocycles. The summed E-state index contributed by atoms with van der Waals surface area (Å²) < 4.78 is 4.45. The molecule has 0 saturated heterocycles. The SMILES string of the molecule is COC(=O)CC[C@H](NC(=O)CNC(=O)c1ccccc1)C(N)=O. The number of carbonyl (C=O) groups is 4.